The Balaban J connectivity index is 2.17. The van der Waals surface area contributed by atoms with Crippen molar-refractivity contribution in [2.75, 3.05) is 5.32 Å². The van der Waals surface area contributed by atoms with E-state index in [0.717, 1.165) is 17.8 Å². The molecule has 0 unspecified atom stereocenters. The summed E-state index contributed by atoms with van der Waals surface area (Å²) in [4.78, 5) is 11.9. The number of carbonyl (C=O) groups excluding carboxylic acids is 1. The van der Waals surface area contributed by atoms with E-state index in [1.807, 2.05) is 20.8 Å². The van der Waals surface area contributed by atoms with E-state index >= 15 is 0 Å². The third kappa shape index (κ3) is 3.01. The molecular weight excluding hydrogens is 264 g/mol. The van der Waals surface area contributed by atoms with Gasteiger partial charge in [-0.15, -0.1) is 0 Å². The maximum Gasteiger partial charge on any atom is 0.259 e. The molecule has 0 aliphatic rings. The second kappa shape index (κ2) is 5.03. The van der Waals surface area contributed by atoms with Crippen molar-refractivity contribution < 1.29 is 13.6 Å². The van der Waals surface area contributed by atoms with Gasteiger partial charge in [0.25, 0.3) is 5.91 Å². The molecule has 1 amide bonds. The number of halogens is 2. The first-order valence-electron chi connectivity index (χ1n) is 6.09. The summed E-state index contributed by atoms with van der Waals surface area (Å²) >= 11 is 0. The average Bonchev–Trinajstić information content (AvgIpc) is 2.76. The minimum Gasteiger partial charge on any atom is -0.305 e. The first-order valence-corrected chi connectivity index (χ1v) is 6.09. The van der Waals surface area contributed by atoms with Crippen LogP contribution in [-0.2, 0) is 5.41 Å². The molecule has 4 nitrogen and oxygen atoms in total. The normalized spacial score (nSPS) is 11.4. The zero-order chi connectivity index (χ0) is 14.9. The summed E-state index contributed by atoms with van der Waals surface area (Å²) in [5.74, 6) is -2.01. The largest absolute Gasteiger partial charge is 0.305 e. The number of nitrogens with zero attached hydrogens (tertiary/aromatic N) is 1. The first kappa shape index (κ1) is 14.2. The zero-order valence-electron chi connectivity index (χ0n) is 11.4. The van der Waals surface area contributed by atoms with Crippen LogP contribution in [0.15, 0.2) is 24.3 Å². The second-order valence-corrected chi connectivity index (χ2v) is 5.50. The van der Waals surface area contributed by atoms with Crippen molar-refractivity contribution in [1.82, 2.24) is 10.2 Å². The Hall–Kier alpha value is -2.24. The van der Waals surface area contributed by atoms with Crippen molar-refractivity contribution in [3.05, 3.63) is 47.2 Å². The van der Waals surface area contributed by atoms with E-state index in [4.69, 9.17) is 0 Å². The van der Waals surface area contributed by atoms with Crippen LogP contribution >= 0.6 is 0 Å². The van der Waals surface area contributed by atoms with E-state index < -0.39 is 17.5 Å². The van der Waals surface area contributed by atoms with Gasteiger partial charge in [-0.2, -0.15) is 5.10 Å². The van der Waals surface area contributed by atoms with E-state index in [-0.39, 0.29) is 11.0 Å². The molecule has 2 N–H and O–H groups in total. The molecule has 1 heterocycles. The Morgan fingerprint density at radius 3 is 2.50 bits per heavy atom. The molecule has 0 spiro atoms. The molecule has 1 aromatic carbocycles. The van der Waals surface area contributed by atoms with Crippen LogP contribution in [-0.4, -0.2) is 16.1 Å². The first-order chi connectivity index (χ1) is 9.27. The summed E-state index contributed by atoms with van der Waals surface area (Å²) in [6.07, 6.45) is 0. The van der Waals surface area contributed by atoms with Gasteiger partial charge in [-0.1, -0.05) is 20.8 Å². The summed E-state index contributed by atoms with van der Waals surface area (Å²) in [5.41, 5.74) is 0.469. The quantitative estimate of drug-likeness (QED) is 0.886. The Bertz CT molecular complexity index is 644. The van der Waals surface area contributed by atoms with Crippen LogP contribution in [0, 0.1) is 11.6 Å². The van der Waals surface area contributed by atoms with Gasteiger partial charge in [-0.05, 0) is 12.1 Å². The van der Waals surface area contributed by atoms with Gasteiger partial charge >= 0.3 is 0 Å². The number of anilines is 1. The number of aromatic nitrogens is 2. The lowest BCUT2D eigenvalue weighted by atomic mass is 9.92. The molecule has 0 aliphatic carbocycles. The molecule has 0 saturated carbocycles. The number of hydrogen-bond acceptors (Lipinski definition) is 2. The van der Waals surface area contributed by atoms with Crippen LogP contribution in [0.1, 0.15) is 36.8 Å². The van der Waals surface area contributed by atoms with Gasteiger partial charge in [0.2, 0.25) is 0 Å². The van der Waals surface area contributed by atoms with Gasteiger partial charge in [-0.25, -0.2) is 8.78 Å². The number of H-pyrrole nitrogens is 1. The van der Waals surface area contributed by atoms with E-state index in [1.54, 1.807) is 6.07 Å². The van der Waals surface area contributed by atoms with Crippen molar-refractivity contribution in [1.29, 1.82) is 0 Å². The van der Waals surface area contributed by atoms with Crippen LogP contribution in [0.3, 0.4) is 0 Å². The van der Waals surface area contributed by atoms with E-state index in [9.17, 15) is 13.6 Å². The fourth-order valence-electron chi connectivity index (χ4n) is 1.63. The second-order valence-electron chi connectivity index (χ2n) is 5.50. The minimum atomic E-state index is -0.908. The maximum absolute atomic E-state index is 13.5. The third-order valence-corrected chi connectivity index (χ3v) is 2.80. The number of benzene rings is 1. The highest BCUT2D eigenvalue weighted by atomic mass is 19.1. The Morgan fingerprint density at radius 2 is 1.95 bits per heavy atom. The third-order valence-electron chi connectivity index (χ3n) is 2.80. The lowest BCUT2D eigenvalue weighted by molar-refractivity contribution is 0.102. The molecule has 2 rings (SSSR count). The molecule has 0 bridgehead atoms. The van der Waals surface area contributed by atoms with Gasteiger partial charge < -0.3 is 5.32 Å². The number of amides is 1. The molecule has 106 valence electrons. The van der Waals surface area contributed by atoms with E-state index in [0.29, 0.717) is 11.9 Å². The summed E-state index contributed by atoms with van der Waals surface area (Å²) in [7, 11) is 0. The maximum atomic E-state index is 13.5. The van der Waals surface area contributed by atoms with Crippen molar-refractivity contribution in [2.45, 2.75) is 26.2 Å². The monoisotopic (exact) mass is 279 g/mol. The highest BCUT2D eigenvalue weighted by molar-refractivity contribution is 6.03. The molecule has 0 aliphatic heterocycles. The smallest absolute Gasteiger partial charge is 0.259 e. The molecule has 0 atom stereocenters. The Kier molecular flexibility index (Phi) is 3.57. The number of carbonyl (C=O) groups is 1. The van der Waals surface area contributed by atoms with Crippen LogP contribution in [0.25, 0.3) is 0 Å². The predicted octanol–water partition coefficient (Wildman–Crippen LogP) is 3.24. The fraction of sp³-hybridized carbons (Fsp3) is 0.286. The molecule has 6 heteroatoms. The molecule has 0 saturated heterocycles. The number of aromatic amines is 1. The molecule has 0 fully saturated rings. The van der Waals surface area contributed by atoms with Gasteiger partial charge in [-0.3, -0.25) is 9.89 Å². The van der Waals surface area contributed by atoms with Crippen LogP contribution in [0.2, 0.25) is 0 Å². The summed E-state index contributed by atoms with van der Waals surface area (Å²) in [6, 6.07) is 4.47. The zero-order valence-corrected chi connectivity index (χ0v) is 11.4. The predicted molar refractivity (Wildman–Crippen MR) is 71.6 cm³/mol. The lowest BCUT2D eigenvalue weighted by Gasteiger charge is -2.14. The van der Waals surface area contributed by atoms with Gasteiger partial charge in [0.15, 0.2) is 5.82 Å². The van der Waals surface area contributed by atoms with Crippen molar-refractivity contribution in [2.24, 2.45) is 0 Å². The highest BCUT2D eigenvalue weighted by Crippen LogP contribution is 2.22. The minimum absolute atomic E-state index is 0.142. The number of rotatable bonds is 2. The summed E-state index contributed by atoms with van der Waals surface area (Å²) in [5, 5.41) is 9.22. The Morgan fingerprint density at radius 1 is 1.25 bits per heavy atom. The van der Waals surface area contributed by atoms with Crippen LogP contribution in [0.4, 0.5) is 14.6 Å². The fourth-order valence-corrected chi connectivity index (χ4v) is 1.63. The highest BCUT2D eigenvalue weighted by Gasteiger charge is 2.18. The summed E-state index contributed by atoms with van der Waals surface area (Å²) < 4.78 is 26.3. The molecular formula is C14H15F2N3O. The van der Waals surface area contributed by atoms with Crippen molar-refractivity contribution in [3.8, 4) is 0 Å². The number of nitrogens with one attached hydrogen (secondary N) is 2. The molecule has 2 aromatic rings. The topological polar surface area (TPSA) is 57.8 Å². The van der Waals surface area contributed by atoms with Gasteiger partial charge in [0, 0.05) is 23.2 Å². The van der Waals surface area contributed by atoms with E-state index in [1.165, 1.54) is 0 Å². The number of hydrogen-bond donors (Lipinski definition) is 2. The molecule has 1 aromatic heterocycles. The van der Waals surface area contributed by atoms with Crippen molar-refractivity contribution >= 4 is 11.7 Å². The average molecular weight is 279 g/mol. The SMILES string of the molecule is CC(C)(C)c1cc(NC(=O)c2ccc(F)cc2F)n[nH]1. The van der Waals surface area contributed by atoms with Crippen LogP contribution < -0.4 is 5.32 Å². The van der Waals surface area contributed by atoms with Crippen molar-refractivity contribution in [3.63, 3.8) is 0 Å². The van der Waals surface area contributed by atoms with Crippen LogP contribution in [0.5, 0.6) is 0 Å². The van der Waals surface area contributed by atoms with Gasteiger partial charge in [0.1, 0.15) is 11.6 Å². The lowest BCUT2D eigenvalue weighted by Crippen LogP contribution is -2.14. The molecule has 0 radical (unpaired) electrons. The van der Waals surface area contributed by atoms with E-state index in [2.05, 4.69) is 15.5 Å². The standard InChI is InChI=1S/C14H15F2N3O/c1-14(2,3)11-7-12(19-18-11)17-13(20)9-5-4-8(15)6-10(9)16/h4-7H,1-3H3,(H2,17,18,19,20). The molecule has 20 heavy (non-hydrogen) atoms. The van der Waals surface area contributed by atoms with Gasteiger partial charge in [0.05, 0.1) is 5.56 Å². The Labute approximate surface area is 115 Å². The summed E-state index contributed by atoms with van der Waals surface area (Å²) in [6.45, 7) is 5.98.